The van der Waals surface area contributed by atoms with Crippen LogP contribution in [0.25, 0.3) is 0 Å². The first kappa shape index (κ1) is 24.9. The smallest absolute Gasteiger partial charge is 0.414 e. The second kappa shape index (κ2) is 9.79. The summed E-state index contributed by atoms with van der Waals surface area (Å²) >= 11 is 0. The number of carbonyl (C=O) groups excluding carboxylic acids is 3. The number of cyclic esters (lactones) is 1. The summed E-state index contributed by atoms with van der Waals surface area (Å²) in [6, 6.07) is 10.9. The zero-order valence-corrected chi connectivity index (χ0v) is 20.5. The third-order valence-electron chi connectivity index (χ3n) is 6.53. The molecule has 2 heterocycles. The number of aryl methyl sites for hydroxylation is 1. The Hall–Kier alpha value is -3.24. The Morgan fingerprint density at radius 2 is 1.74 bits per heavy atom. The minimum absolute atomic E-state index is 0.00711. The normalized spacial score (nSPS) is 19.1. The van der Waals surface area contributed by atoms with Crippen LogP contribution in [0.15, 0.2) is 47.4 Å². The molecule has 2 fully saturated rings. The van der Waals surface area contributed by atoms with Crippen molar-refractivity contribution in [2.24, 2.45) is 5.92 Å². The number of Topliss-reactive ketones (excluding diaryl/α,β-unsaturated/α-hetero) is 1. The van der Waals surface area contributed by atoms with E-state index in [1.165, 1.54) is 23.1 Å². The van der Waals surface area contributed by atoms with Crippen LogP contribution in [0.3, 0.4) is 0 Å². The number of piperidine rings is 1. The summed E-state index contributed by atoms with van der Waals surface area (Å²) in [4.78, 5) is 40.8. The first-order valence-corrected chi connectivity index (χ1v) is 13.3. The lowest BCUT2D eigenvalue weighted by molar-refractivity contribution is 0.0647. The molecule has 2 aromatic rings. The van der Waals surface area contributed by atoms with Gasteiger partial charge in [-0.25, -0.2) is 13.2 Å². The van der Waals surface area contributed by atoms with Crippen molar-refractivity contribution in [2.75, 3.05) is 37.5 Å². The predicted octanol–water partition coefficient (Wildman–Crippen LogP) is 2.45. The SMILES string of the molecule is Cc1ccc(C(=O)C2CCN(C(=O)c3ccc(N4C(=O)OCC4CO)cc3S(C)(=O)=O)CC2)cc1. The first-order chi connectivity index (χ1) is 16.6. The monoisotopic (exact) mass is 500 g/mol. The van der Waals surface area contributed by atoms with E-state index in [1.807, 2.05) is 31.2 Å². The van der Waals surface area contributed by atoms with Crippen LogP contribution in [0.1, 0.15) is 39.1 Å². The maximum atomic E-state index is 13.3. The molecular formula is C25H28N2O7S. The molecule has 1 atom stereocenters. The molecule has 2 aromatic carbocycles. The van der Waals surface area contributed by atoms with E-state index in [0.717, 1.165) is 11.8 Å². The van der Waals surface area contributed by atoms with Gasteiger partial charge in [0.1, 0.15) is 6.61 Å². The molecule has 2 amide bonds. The van der Waals surface area contributed by atoms with Gasteiger partial charge in [0.15, 0.2) is 15.6 Å². The summed E-state index contributed by atoms with van der Waals surface area (Å²) < 4.78 is 30.1. The standard InChI is InChI=1S/C25H28N2O7S/c1-16-3-5-17(6-4-16)23(29)18-9-11-26(12-10-18)24(30)21-8-7-19(13-22(21)35(2,32)33)27-20(14-28)15-34-25(27)31/h3-8,13,18,20,28H,9-12,14-15H2,1-2H3. The molecule has 4 rings (SSSR count). The molecule has 0 saturated carbocycles. The predicted molar refractivity (Wildman–Crippen MR) is 128 cm³/mol. The molecule has 0 bridgehead atoms. The van der Waals surface area contributed by atoms with Gasteiger partial charge in [-0.05, 0) is 38.0 Å². The Morgan fingerprint density at radius 3 is 2.34 bits per heavy atom. The van der Waals surface area contributed by atoms with Crippen LogP contribution in [-0.4, -0.2) is 74.8 Å². The van der Waals surface area contributed by atoms with Gasteiger partial charge in [-0.2, -0.15) is 0 Å². The van der Waals surface area contributed by atoms with Crippen LogP contribution < -0.4 is 4.90 Å². The van der Waals surface area contributed by atoms with Gasteiger partial charge < -0.3 is 14.7 Å². The average molecular weight is 501 g/mol. The van der Waals surface area contributed by atoms with Gasteiger partial charge in [0.2, 0.25) is 0 Å². The van der Waals surface area contributed by atoms with Crippen molar-refractivity contribution < 1.29 is 32.6 Å². The number of benzene rings is 2. The van der Waals surface area contributed by atoms with Crippen molar-refractivity contribution >= 4 is 33.3 Å². The van der Waals surface area contributed by atoms with E-state index in [1.54, 1.807) is 4.90 Å². The maximum Gasteiger partial charge on any atom is 0.414 e. The largest absolute Gasteiger partial charge is 0.447 e. The van der Waals surface area contributed by atoms with E-state index in [4.69, 9.17) is 4.74 Å². The number of nitrogens with zero attached hydrogens (tertiary/aromatic N) is 2. The molecule has 186 valence electrons. The van der Waals surface area contributed by atoms with Crippen LogP contribution in [0.2, 0.25) is 0 Å². The fourth-order valence-corrected chi connectivity index (χ4v) is 5.41. The average Bonchev–Trinajstić information content (AvgIpc) is 3.23. The van der Waals surface area contributed by atoms with Gasteiger partial charge >= 0.3 is 6.09 Å². The Kier molecular flexibility index (Phi) is 6.95. The van der Waals surface area contributed by atoms with Crippen molar-refractivity contribution in [1.82, 2.24) is 4.90 Å². The minimum atomic E-state index is -3.82. The molecule has 10 heteroatoms. The van der Waals surface area contributed by atoms with E-state index in [0.29, 0.717) is 31.5 Å². The van der Waals surface area contributed by atoms with Gasteiger partial charge in [0.25, 0.3) is 5.91 Å². The maximum absolute atomic E-state index is 13.3. The van der Waals surface area contributed by atoms with Gasteiger partial charge in [0, 0.05) is 36.5 Å². The van der Waals surface area contributed by atoms with Gasteiger partial charge in [-0.1, -0.05) is 29.8 Å². The number of hydrogen-bond acceptors (Lipinski definition) is 7. The van der Waals surface area contributed by atoms with Crippen molar-refractivity contribution in [3.8, 4) is 0 Å². The summed E-state index contributed by atoms with van der Waals surface area (Å²) in [5.74, 6) is -0.592. The lowest BCUT2D eigenvalue weighted by atomic mass is 9.88. The van der Waals surface area contributed by atoms with Crippen LogP contribution in [0.5, 0.6) is 0 Å². The zero-order valence-electron chi connectivity index (χ0n) is 19.6. The summed E-state index contributed by atoms with van der Waals surface area (Å²) in [6.45, 7) is 2.25. The summed E-state index contributed by atoms with van der Waals surface area (Å²) in [7, 11) is -3.82. The number of aliphatic hydroxyl groups is 1. The van der Waals surface area contributed by atoms with Gasteiger partial charge in [-0.3, -0.25) is 14.5 Å². The highest BCUT2D eigenvalue weighted by molar-refractivity contribution is 7.90. The molecule has 1 N–H and O–H groups in total. The van der Waals surface area contributed by atoms with E-state index < -0.39 is 27.9 Å². The minimum Gasteiger partial charge on any atom is -0.447 e. The second-order valence-corrected chi connectivity index (χ2v) is 11.0. The Morgan fingerprint density at radius 1 is 1.09 bits per heavy atom. The number of aliphatic hydroxyl groups excluding tert-OH is 1. The third kappa shape index (κ3) is 5.08. The van der Waals surface area contributed by atoms with Gasteiger partial charge in [-0.15, -0.1) is 0 Å². The zero-order chi connectivity index (χ0) is 25.3. The van der Waals surface area contributed by atoms with E-state index in [-0.39, 0.29) is 41.1 Å². The number of ketones is 1. The molecule has 0 spiro atoms. The topological polar surface area (TPSA) is 121 Å². The molecule has 9 nitrogen and oxygen atoms in total. The molecule has 2 aliphatic heterocycles. The molecule has 0 radical (unpaired) electrons. The number of rotatable bonds is 6. The number of ether oxygens (including phenoxy) is 1. The summed E-state index contributed by atoms with van der Waals surface area (Å²) in [5, 5.41) is 9.53. The Labute approximate surface area is 204 Å². The Bertz CT molecular complexity index is 1250. The highest BCUT2D eigenvalue weighted by Gasteiger charge is 2.36. The number of carbonyl (C=O) groups is 3. The lowest BCUT2D eigenvalue weighted by Gasteiger charge is -2.32. The molecule has 0 aliphatic carbocycles. The van der Waals surface area contributed by atoms with Crippen molar-refractivity contribution in [2.45, 2.75) is 30.7 Å². The molecule has 0 aromatic heterocycles. The molecule has 35 heavy (non-hydrogen) atoms. The fraction of sp³-hybridized carbons (Fsp3) is 0.400. The molecule has 2 aliphatic rings. The number of hydrogen-bond donors (Lipinski definition) is 1. The molecule has 2 saturated heterocycles. The molecule has 1 unspecified atom stereocenters. The number of likely N-dealkylation sites (tertiary alicyclic amines) is 1. The third-order valence-corrected chi connectivity index (χ3v) is 7.67. The summed E-state index contributed by atoms with van der Waals surface area (Å²) in [6.07, 6.45) is 1.29. The first-order valence-electron chi connectivity index (χ1n) is 11.4. The van der Waals surface area contributed by atoms with Crippen molar-refractivity contribution in [3.05, 3.63) is 59.2 Å². The van der Waals surface area contributed by atoms with E-state index in [2.05, 4.69) is 0 Å². The number of amides is 2. The van der Waals surface area contributed by atoms with Crippen LogP contribution in [0.4, 0.5) is 10.5 Å². The lowest BCUT2D eigenvalue weighted by Crippen LogP contribution is -2.41. The van der Waals surface area contributed by atoms with Crippen molar-refractivity contribution in [3.63, 3.8) is 0 Å². The van der Waals surface area contributed by atoms with Crippen molar-refractivity contribution in [1.29, 1.82) is 0 Å². The van der Waals surface area contributed by atoms with E-state index in [9.17, 15) is 27.9 Å². The van der Waals surface area contributed by atoms with Crippen LogP contribution >= 0.6 is 0 Å². The number of anilines is 1. The van der Waals surface area contributed by atoms with Crippen LogP contribution in [-0.2, 0) is 14.6 Å². The number of sulfone groups is 1. The Balaban J connectivity index is 1.53. The fourth-order valence-electron chi connectivity index (χ4n) is 4.52. The van der Waals surface area contributed by atoms with E-state index >= 15 is 0 Å². The van der Waals surface area contributed by atoms with Crippen LogP contribution in [0, 0.1) is 12.8 Å². The highest BCUT2D eigenvalue weighted by atomic mass is 32.2. The second-order valence-electron chi connectivity index (χ2n) is 9.03. The quantitative estimate of drug-likeness (QED) is 0.605. The summed E-state index contributed by atoms with van der Waals surface area (Å²) in [5.41, 5.74) is 1.96. The highest BCUT2D eigenvalue weighted by Crippen LogP contribution is 2.30. The molecular weight excluding hydrogens is 472 g/mol. The van der Waals surface area contributed by atoms with Gasteiger partial charge in [0.05, 0.1) is 23.1 Å².